The Hall–Kier alpha value is -1.90. The van der Waals surface area contributed by atoms with Crippen LogP contribution in [0.4, 0.5) is 5.82 Å². The average Bonchev–Trinajstić information content (AvgIpc) is 2.93. The second kappa shape index (κ2) is 5.84. The molecule has 21 heavy (non-hydrogen) atoms. The zero-order valence-corrected chi connectivity index (χ0v) is 13.1. The summed E-state index contributed by atoms with van der Waals surface area (Å²) in [5.74, 6) is 2.34. The minimum atomic E-state index is 0.351. The highest BCUT2D eigenvalue weighted by Gasteiger charge is 2.26. The molecule has 1 atom stereocenters. The molecule has 0 fully saturated rings. The minimum absolute atomic E-state index is 0.351. The van der Waals surface area contributed by atoms with Crippen molar-refractivity contribution in [2.24, 2.45) is 0 Å². The zero-order valence-electron chi connectivity index (χ0n) is 13.1. The summed E-state index contributed by atoms with van der Waals surface area (Å²) in [4.78, 5) is 9.69. The van der Waals surface area contributed by atoms with Crippen molar-refractivity contribution in [1.82, 2.24) is 9.97 Å². The van der Waals surface area contributed by atoms with Gasteiger partial charge in [-0.1, -0.05) is 31.2 Å². The van der Waals surface area contributed by atoms with Gasteiger partial charge in [0.1, 0.15) is 11.6 Å². The first-order valence-electron chi connectivity index (χ1n) is 7.93. The van der Waals surface area contributed by atoms with Crippen LogP contribution in [0.15, 0.2) is 24.3 Å². The maximum atomic E-state index is 4.86. The summed E-state index contributed by atoms with van der Waals surface area (Å²) < 4.78 is 0. The van der Waals surface area contributed by atoms with Crippen LogP contribution in [0, 0.1) is 6.92 Å². The Labute approximate surface area is 126 Å². The molecule has 1 aromatic heterocycles. The average molecular weight is 281 g/mol. The first-order valence-corrected chi connectivity index (χ1v) is 7.93. The van der Waals surface area contributed by atoms with Crippen LogP contribution in [-0.2, 0) is 12.8 Å². The van der Waals surface area contributed by atoms with Crippen LogP contribution < -0.4 is 5.32 Å². The minimum Gasteiger partial charge on any atom is -0.370 e. The fraction of sp³-hybridized carbons (Fsp3) is 0.444. The molecule has 0 aliphatic heterocycles. The lowest BCUT2D eigenvalue weighted by Gasteiger charge is -2.16. The maximum absolute atomic E-state index is 4.86. The molecule has 1 N–H and O–H groups in total. The third-order valence-electron chi connectivity index (χ3n) is 4.39. The molecule has 0 radical (unpaired) electrons. The van der Waals surface area contributed by atoms with Gasteiger partial charge in [-0.15, -0.1) is 0 Å². The molecule has 0 saturated heterocycles. The zero-order chi connectivity index (χ0) is 14.8. The second-order valence-corrected chi connectivity index (χ2v) is 5.68. The lowest BCUT2D eigenvalue weighted by molar-refractivity contribution is 0.717. The van der Waals surface area contributed by atoms with Crippen LogP contribution in [0.5, 0.6) is 0 Å². The number of nitrogens with one attached hydrogen (secondary N) is 1. The Morgan fingerprint density at radius 2 is 2.00 bits per heavy atom. The lowest BCUT2D eigenvalue weighted by atomic mass is 10.00. The van der Waals surface area contributed by atoms with Gasteiger partial charge >= 0.3 is 0 Å². The van der Waals surface area contributed by atoms with Crippen molar-refractivity contribution in [3.05, 3.63) is 52.5 Å². The maximum Gasteiger partial charge on any atom is 0.138 e. The molecule has 3 rings (SSSR count). The van der Waals surface area contributed by atoms with Gasteiger partial charge in [0.15, 0.2) is 0 Å². The van der Waals surface area contributed by atoms with Gasteiger partial charge in [-0.05, 0) is 44.2 Å². The van der Waals surface area contributed by atoms with Gasteiger partial charge in [-0.2, -0.15) is 0 Å². The number of aromatic nitrogens is 2. The van der Waals surface area contributed by atoms with E-state index >= 15 is 0 Å². The Balaban J connectivity index is 2.05. The Morgan fingerprint density at radius 1 is 1.19 bits per heavy atom. The van der Waals surface area contributed by atoms with Gasteiger partial charge in [-0.25, -0.2) is 9.97 Å². The van der Waals surface area contributed by atoms with Crippen molar-refractivity contribution in [3.8, 4) is 0 Å². The Morgan fingerprint density at radius 3 is 2.76 bits per heavy atom. The van der Waals surface area contributed by atoms with Crippen LogP contribution in [0.3, 0.4) is 0 Å². The highest BCUT2D eigenvalue weighted by molar-refractivity contribution is 5.48. The molecule has 3 nitrogen and oxygen atoms in total. The summed E-state index contributed by atoms with van der Waals surface area (Å²) in [6, 6.07) is 8.71. The largest absolute Gasteiger partial charge is 0.370 e. The van der Waals surface area contributed by atoms with Crippen LogP contribution in [0.25, 0.3) is 0 Å². The molecule has 0 bridgehead atoms. The first kappa shape index (κ1) is 14.1. The first-order chi connectivity index (χ1) is 10.2. The van der Waals surface area contributed by atoms with Gasteiger partial charge in [0, 0.05) is 23.7 Å². The highest BCUT2D eigenvalue weighted by Crippen LogP contribution is 2.37. The summed E-state index contributed by atoms with van der Waals surface area (Å²) in [5.41, 5.74) is 5.22. The Bertz CT molecular complexity index is 649. The van der Waals surface area contributed by atoms with Crippen LogP contribution in [-0.4, -0.2) is 16.5 Å². The van der Waals surface area contributed by atoms with E-state index in [4.69, 9.17) is 9.97 Å². The van der Waals surface area contributed by atoms with E-state index in [1.54, 1.807) is 0 Å². The second-order valence-electron chi connectivity index (χ2n) is 5.68. The predicted molar refractivity (Wildman–Crippen MR) is 86.9 cm³/mol. The van der Waals surface area contributed by atoms with E-state index in [1.807, 2.05) is 0 Å². The summed E-state index contributed by atoms with van der Waals surface area (Å²) in [5, 5.41) is 3.39. The van der Waals surface area contributed by atoms with E-state index in [9.17, 15) is 0 Å². The molecule has 1 aliphatic rings. The van der Waals surface area contributed by atoms with E-state index in [0.717, 1.165) is 37.4 Å². The number of aryl methyl sites for hydroxylation is 2. The molecule has 0 saturated carbocycles. The number of benzene rings is 1. The molecule has 2 aromatic rings. The van der Waals surface area contributed by atoms with Crippen LogP contribution in [0.1, 0.15) is 54.4 Å². The van der Waals surface area contributed by atoms with Gasteiger partial charge in [-0.3, -0.25) is 0 Å². The van der Waals surface area contributed by atoms with E-state index in [2.05, 4.69) is 50.4 Å². The van der Waals surface area contributed by atoms with Crippen LogP contribution in [0.2, 0.25) is 0 Å². The normalized spacial score (nSPS) is 16.8. The molecule has 1 aliphatic carbocycles. The van der Waals surface area contributed by atoms with Crippen molar-refractivity contribution >= 4 is 5.82 Å². The fourth-order valence-corrected chi connectivity index (χ4v) is 3.25. The van der Waals surface area contributed by atoms with Crippen LogP contribution >= 0.6 is 0 Å². The topological polar surface area (TPSA) is 37.8 Å². The number of anilines is 1. The number of fused-ring (bicyclic) bond motifs is 1. The van der Waals surface area contributed by atoms with Crippen molar-refractivity contribution in [2.45, 2.75) is 46.0 Å². The number of rotatable bonds is 4. The molecule has 3 heteroatoms. The highest BCUT2D eigenvalue weighted by atomic mass is 15.0. The van der Waals surface area contributed by atoms with E-state index in [-0.39, 0.29) is 0 Å². The molecular formula is C18H23N3. The summed E-state index contributed by atoms with van der Waals surface area (Å²) in [6.45, 7) is 7.28. The lowest BCUT2D eigenvalue weighted by Crippen LogP contribution is -2.12. The molecule has 110 valence electrons. The third kappa shape index (κ3) is 2.53. The molecule has 1 unspecified atom stereocenters. The quantitative estimate of drug-likeness (QED) is 0.924. The molecule has 1 heterocycles. The fourth-order valence-electron chi connectivity index (χ4n) is 3.25. The smallest absolute Gasteiger partial charge is 0.138 e. The van der Waals surface area contributed by atoms with Crippen molar-refractivity contribution in [1.29, 1.82) is 0 Å². The van der Waals surface area contributed by atoms with E-state index < -0.39 is 0 Å². The summed E-state index contributed by atoms with van der Waals surface area (Å²) in [7, 11) is 0. The van der Waals surface area contributed by atoms with Gasteiger partial charge < -0.3 is 5.32 Å². The van der Waals surface area contributed by atoms with E-state index in [0.29, 0.717) is 5.92 Å². The standard InChI is InChI=1S/C18H23N3/c1-4-16-12(3)17(19-5-2)21-18(20-16)15-11-10-13-8-6-7-9-14(13)15/h6-9,15H,4-5,10-11H2,1-3H3,(H,19,20,21). The van der Waals surface area contributed by atoms with Gasteiger partial charge in [0.05, 0.1) is 0 Å². The number of hydrogen-bond donors (Lipinski definition) is 1. The van der Waals surface area contributed by atoms with Crippen molar-refractivity contribution in [3.63, 3.8) is 0 Å². The summed E-state index contributed by atoms with van der Waals surface area (Å²) in [6.07, 6.45) is 3.21. The van der Waals surface area contributed by atoms with Crippen molar-refractivity contribution < 1.29 is 0 Å². The molecule has 0 spiro atoms. The Kier molecular flexibility index (Phi) is 3.91. The predicted octanol–water partition coefficient (Wildman–Crippen LogP) is 3.86. The van der Waals surface area contributed by atoms with Gasteiger partial charge in [0.2, 0.25) is 0 Å². The SMILES string of the molecule is CCNc1nc(C2CCc3ccccc32)nc(CC)c1C. The molecule has 1 aromatic carbocycles. The molecular weight excluding hydrogens is 258 g/mol. The number of hydrogen-bond acceptors (Lipinski definition) is 3. The van der Waals surface area contributed by atoms with Gasteiger partial charge in [0.25, 0.3) is 0 Å². The monoisotopic (exact) mass is 281 g/mol. The third-order valence-corrected chi connectivity index (χ3v) is 4.39. The molecule has 0 amide bonds. The number of nitrogens with zero attached hydrogens (tertiary/aromatic N) is 2. The summed E-state index contributed by atoms with van der Waals surface area (Å²) >= 11 is 0. The van der Waals surface area contributed by atoms with E-state index in [1.165, 1.54) is 22.4 Å². The van der Waals surface area contributed by atoms with Crippen molar-refractivity contribution in [2.75, 3.05) is 11.9 Å².